The predicted molar refractivity (Wildman–Crippen MR) is 155 cm³/mol. The van der Waals surface area contributed by atoms with Crippen LogP contribution >= 0.6 is 8.03 Å². The SMILES string of the molecule is CCCCCCCOc1nc(-c2ccccc2)c(-c2ccccc2)n1-c1ccccc1.CCO[PH](C)=O. The molecule has 0 saturated carbocycles. The predicted octanol–water partition coefficient (Wildman–Crippen LogP) is 8.68. The molecule has 0 bridgehead atoms. The van der Waals surface area contributed by atoms with E-state index in [4.69, 9.17) is 9.72 Å². The first-order valence-corrected chi connectivity index (χ1v) is 15.0. The summed E-state index contributed by atoms with van der Waals surface area (Å²) in [5.41, 5.74) is 5.26. The number of ether oxygens (including phenoxy) is 1. The fraction of sp³-hybridized carbons (Fsp3) is 0.323. The lowest BCUT2D eigenvalue weighted by Gasteiger charge is -2.13. The van der Waals surface area contributed by atoms with Gasteiger partial charge in [-0.3, -0.25) is 9.13 Å². The second-order valence-electron chi connectivity index (χ2n) is 8.68. The van der Waals surface area contributed by atoms with Crippen LogP contribution in [0.2, 0.25) is 0 Å². The van der Waals surface area contributed by atoms with Crippen molar-refractivity contribution in [1.82, 2.24) is 9.55 Å². The van der Waals surface area contributed by atoms with Crippen molar-refractivity contribution in [2.24, 2.45) is 0 Å². The van der Waals surface area contributed by atoms with Crippen LogP contribution in [0, 0.1) is 0 Å². The molecule has 196 valence electrons. The Labute approximate surface area is 222 Å². The van der Waals surface area contributed by atoms with Gasteiger partial charge in [0, 0.05) is 17.8 Å². The summed E-state index contributed by atoms with van der Waals surface area (Å²) in [6.07, 6.45) is 6.03. The van der Waals surface area contributed by atoms with E-state index in [9.17, 15) is 4.57 Å². The van der Waals surface area contributed by atoms with E-state index < -0.39 is 8.03 Å². The van der Waals surface area contributed by atoms with Gasteiger partial charge in [0.1, 0.15) is 5.69 Å². The molecule has 0 saturated heterocycles. The maximum atomic E-state index is 10.0. The summed E-state index contributed by atoms with van der Waals surface area (Å²) in [5, 5.41) is 0. The van der Waals surface area contributed by atoms with E-state index in [0.29, 0.717) is 19.2 Å². The minimum absolute atomic E-state index is 0.564. The van der Waals surface area contributed by atoms with Crippen molar-refractivity contribution in [3.05, 3.63) is 91.0 Å². The first kappa shape index (κ1) is 28.4. The molecular weight excluding hydrogens is 479 g/mol. The molecule has 1 aromatic heterocycles. The van der Waals surface area contributed by atoms with Gasteiger partial charge in [-0.2, -0.15) is 4.98 Å². The molecule has 0 aliphatic rings. The molecule has 0 aliphatic carbocycles. The number of aromatic nitrogens is 2. The monoisotopic (exact) mass is 518 g/mol. The highest BCUT2D eigenvalue weighted by Crippen LogP contribution is 2.37. The molecule has 1 unspecified atom stereocenters. The van der Waals surface area contributed by atoms with Crippen molar-refractivity contribution in [3.8, 4) is 34.2 Å². The van der Waals surface area contributed by atoms with Crippen LogP contribution in [0.1, 0.15) is 46.0 Å². The molecule has 0 spiro atoms. The molecule has 1 atom stereocenters. The summed E-state index contributed by atoms with van der Waals surface area (Å²) in [6.45, 7) is 6.88. The number of hydrogen-bond donors (Lipinski definition) is 0. The van der Waals surface area contributed by atoms with Gasteiger partial charge in [0.15, 0.2) is 8.03 Å². The lowest BCUT2D eigenvalue weighted by Crippen LogP contribution is -2.05. The van der Waals surface area contributed by atoms with Gasteiger partial charge in [0.25, 0.3) is 0 Å². The average Bonchev–Trinajstić information content (AvgIpc) is 3.32. The average molecular weight is 519 g/mol. The molecule has 1 heterocycles. The largest absolute Gasteiger partial charge is 0.464 e. The molecule has 6 heteroatoms. The van der Waals surface area contributed by atoms with E-state index in [1.807, 2.05) is 25.1 Å². The Morgan fingerprint density at radius 3 is 1.86 bits per heavy atom. The second-order valence-corrected chi connectivity index (χ2v) is 9.95. The molecule has 0 N–H and O–H groups in total. The fourth-order valence-electron chi connectivity index (χ4n) is 4.05. The van der Waals surface area contributed by atoms with Gasteiger partial charge in [0.2, 0.25) is 0 Å². The van der Waals surface area contributed by atoms with Crippen LogP contribution in [0.25, 0.3) is 28.2 Å². The molecule has 0 radical (unpaired) electrons. The van der Waals surface area contributed by atoms with Gasteiger partial charge >= 0.3 is 6.01 Å². The van der Waals surface area contributed by atoms with Crippen LogP contribution in [0.4, 0.5) is 0 Å². The summed E-state index contributed by atoms with van der Waals surface area (Å²) >= 11 is 0. The third kappa shape index (κ3) is 8.73. The number of para-hydroxylation sites is 1. The minimum atomic E-state index is -1.64. The minimum Gasteiger partial charge on any atom is -0.464 e. The number of unbranched alkanes of at least 4 members (excludes halogenated alkanes) is 4. The third-order valence-corrected chi connectivity index (χ3v) is 6.48. The Morgan fingerprint density at radius 2 is 1.32 bits per heavy atom. The number of nitrogens with zero attached hydrogens (tertiary/aromatic N) is 2. The van der Waals surface area contributed by atoms with Crippen LogP contribution < -0.4 is 4.74 Å². The number of imidazole rings is 1. The number of rotatable bonds is 12. The summed E-state index contributed by atoms with van der Waals surface area (Å²) in [7, 11) is -1.64. The lowest BCUT2D eigenvalue weighted by atomic mass is 10.0. The summed E-state index contributed by atoms with van der Waals surface area (Å²) < 4.78 is 23.0. The highest BCUT2D eigenvalue weighted by molar-refractivity contribution is 7.38. The van der Waals surface area contributed by atoms with E-state index in [1.54, 1.807) is 6.66 Å². The van der Waals surface area contributed by atoms with Gasteiger partial charge in [0.05, 0.1) is 24.6 Å². The molecular formula is C31H39N2O3P. The van der Waals surface area contributed by atoms with E-state index in [2.05, 4.69) is 88.8 Å². The molecule has 4 rings (SSSR count). The number of benzene rings is 3. The zero-order chi connectivity index (χ0) is 26.3. The summed E-state index contributed by atoms with van der Waals surface area (Å²) in [4.78, 5) is 5.01. The topological polar surface area (TPSA) is 53.4 Å². The first-order chi connectivity index (χ1) is 18.2. The zero-order valence-corrected chi connectivity index (χ0v) is 23.2. The molecule has 37 heavy (non-hydrogen) atoms. The van der Waals surface area contributed by atoms with Crippen molar-refractivity contribution < 1.29 is 13.8 Å². The van der Waals surface area contributed by atoms with Crippen LogP contribution in [0.5, 0.6) is 6.01 Å². The molecule has 4 aromatic rings. The maximum absolute atomic E-state index is 10.0. The smallest absolute Gasteiger partial charge is 0.302 e. The quantitative estimate of drug-likeness (QED) is 0.139. The first-order valence-electron chi connectivity index (χ1n) is 13.2. The van der Waals surface area contributed by atoms with Crippen molar-refractivity contribution in [1.29, 1.82) is 0 Å². The van der Waals surface area contributed by atoms with Gasteiger partial charge in [-0.25, -0.2) is 0 Å². The van der Waals surface area contributed by atoms with E-state index in [-0.39, 0.29) is 0 Å². The highest BCUT2D eigenvalue weighted by Gasteiger charge is 2.22. The van der Waals surface area contributed by atoms with Gasteiger partial charge in [-0.1, -0.05) is 111 Å². The standard InChI is InChI=1S/C28H30N2O.C3H9O2P/c1-2-3-4-5-15-22-31-28-29-26(23-16-9-6-10-17-23)27(24-18-11-7-12-19-24)30(28)25-20-13-8-14-21-25;1-3-5-6(2)4/h6-14,16-21H,2-5,15,22H2,1H3;6H,3H2,1-2H3. The Kier molecular flexibility index (Phi) is 12.2. The molecule has 0 amide bonds. The molecule has 5 nitrogen and oxygen atoms in total. The van der Waals surface area contributed by atoms with Crippen molar-refractivity contribution in [3.63, 3.8) is 0 Å². The number of hydrogen-bond acceptors (Lipinski definition) is 4. The molecule has 0 aliphatic heterocycles. The van der Waals surface area contributed by atoms with Crippen molar-refractivity contribution in [2.75, 3.05) is 19.9 Å². The van der Waals surface area contributed by atoms with Crippen LogP contribution in [0.3, 0.4) is 0 Å². The second kappa shape index (κ2) is 15.9. The highest BCUT2D eigenvalue weighted by atomic mass is 31.1. The molecule has 0 fully saturated rings. The van der Waals surface area contributed by atoms with E-state index in [0.717, 1.165) is 34.6 Å². The van der Waals surface area contributed by atoms with Crippen LogP contribution in [0.15, 0.2) is 91.0 Å². The van der Waals surface area contributed by atoms with Crippen molar-refractivity contribution >= 4 is 8.03 Å². The normalized spacial score (nSPS) is 11.4. The Balaban J connectivity index is 0.000000568. The summed E-state index contributed by atoms with van der Waals surface area (Å²) in [6, 6.07) is 31.8. The maximum Gasteiger partial charge on any atom is 0.302 e. The third-order valence-electron chi connectivity index (χ3n) is 5.78. The van der Waals surface area contributed by atoms with Gasteiger partial charge in [-0.05, 0) is 25.5 Å². The lowest BCUT2D eigenvalue weighted by molar-refractivity contribution is 0.278. The van der Waals surface area contributed by atoms with Crippen molar-refractivity contribution in [2.45, 2.75) is 46.0 Å². The fourth-order valence-corrected chi connectivity index (χ4v) is 4.45. The Hall–Kier alpha value is -3.14. The van der Waals surface area contributed by atoms with Gasteiger partial charge in [-0.15, -0.1) is 0 Å². The Morgan fingerprint density at radius 1 is 0.757 bits per heavy atom. The molecule has 3 aromatic carbocycles. The van der Waals surface area contributed by atoms with Gasteiger partial charge < -0.3 is 9.26 Å². The summed E-state index contributed by atoms with van der Waals surface area (Å²) in [5.74, 6) is 0. The van der Waals surface area contributed by atoms with Crippen LogP contribution in [-0.2, 0) is 9.09 Å². The Bertz CT molecular complexity index is 1200. The van der Waals surface area contributed by atoms with Crippen LogP contribution in [-0.4, -0.2) is 29.4 Å². The zero-order valence-electron chi connectivity index (χ0n) is 22.2. The van der Waals surface area contributed by atoms with E-state index in [1.165, 1.54) is 25.7 Å². The van der Waals surface area contributed by atoms with E-state index >= 15 is 0 Å².